The summed E-state index contributed by atoms with van der Waals surface area (Å²) in [6.45, 7) is 3.75. The molecule has 7 heteroatoms. The van der Waals surface area contributed by atoms with E-state index in [4.69, 9.17) is 11.5 Å². The van der Waals surface area contributed by atoms with Crippen LogP contribution in [0.3, 0.4) is 0 Å². The summed E-state index contributed by atoms with van der Waals surface area (Å²) in [6.07, 6.45) is 7.25. The van der Waals surface area contributed by atoms with Gasteiger partial charge in [-0.25, -0.2) is 9.97 Å². The molecule has 4 heterocycles. The van der Waals surface area contributed by atoms with Gasteiger partial charge in [-0.1, -0.05) is 0 Å². The maximum atomic E-state index is 11.5. The van der Waals surface area contributed by atoms with E-state index in [0.29, 0.717) is 5.82 Å². The first-order valence-electron chi connectivity index (χ1n) is 9.48. The van der Waals surface area contributed by atoms with Gasteiger partial charge in [0.1, 0.15) is 11.6 Å². The topological polar surface area (TPSA) is 111 Å². The van der Waals surface area contributed by atoms with Crippen LogP contribution in [0.25, 0.3) is 22.0 Å². The first kappa shape index (κ1) is 16.9. The molecule has 1 aliphatic heterocycles. The predicted octanol–water partition coefficient (Wildman–Crippen LogP) is 2.28. The lowest BCUT2D eigenvalue weighted by Crippen LogP contribution is -2.24. The molecule has 7 nitrogen and oxygen atoms in total. The van der Waals surface area contributed by atoms with Crippen molar-refractivity contribution in [1.29, 1.82) is 0 Å². The Bertz CT molecular complexity index is 1110. The Kier molecular flexibility index (Phi) is 3.56. The number of pyridine rings is 3. The van der Waals surface area contributed by atoms with E-state index in [1.54, 1.807) is 12.4 Å². The van der Waals surface area contributed by atoms with Gasteiger partial charge in [0.2, 0.25) is 5.91 Å². The van der Waals surface area contributed by atoms with Gasteiger partial charge in [-0.05, 0) is 48.9 Å². The minimum atomic E-state index is -0.177. The number of nitrogen functional groups attached to an aromatic ring is 1. The highest BCUT2D eigenvalue weighted by Crippen LogP contribution is 2.58. The summed E-state index contributed by atoms with van der Waals surface area (Å²) in [5, 5.41) is 1.84. The molecule has 0 radical (unpaired) electrons. The molecule has 1 amide bonds. The molecule has 0 aromatic carbocycles. The van der Waals surface area contributed by atoms with E-state index in [1.165, 1.54) is 0 Å². The number of carbonyl (C=O) groups excluding carboxylic acids is 1. The average Bonchev–Trinajstić information content (AvgIpc) is 3.22. The number of hydrogen-bond donors (Lipinski definition) is 2. The van der Waals surface area contributed by atoms with Crippen LogP contribution in [0, 0.1) is 18.3 Å². The number of nitrogens with zero attached hydrogens (tertiary/aromatic N) is 4. The number of nitrogens with two attached hydrogens (primary N) is 2. The van der Waals surface area contributed by atoms with Crippen molar-refractivity contribution in [2.75, 3.05) is 23.7 Å². The van der Waals surface area contributed by atoms with Crippen LogP contribution in [0.1, 0.15) is 18.4 Å². The van der Waals surface area contributed by atoms with Crippen molar-refractivity contribution in [2.24, 2.45) is 17.1 Å². The Morgan fingerprint density at radius 3 is 2.93 bits per heavy atom. The van der Waals surface area contributed by atoms with Crippen LogP contribution >= 0.6 is 0 Å². The molecule has 3 aromatic rings. The quantitative estimate of drug-likeness (QED) is 0.728. The molecule has 0 bridgehead atoms. The molecule has 1 aliphatic carbocycles. The molecule has 2 unspecified atom stereocenters. The number of anilines is 2. The number of hydrogen-bond acceptors (Lipinski definition) is 6. The zero-order valence-electron chi connectivity index (χ0n) is 15.7. The molecule has 2 aliphatic rings. The van der Waals surface area contributed by atoms with Gasteiger partial charge in [0.15, 0.2) is 0 Å². The van der Waals surface area contributed by atoms with Crippen molar-refractivity contribution < 1.29 is 4.79 Å². The number of amides is 1. The molecule has 2 fully saturated rings. The monoisotopic (exact) mass is 374 g/mol. The van der Waals surface area contributed by atoms with Crippen molar-refractivity contribution in [2.45, 2.75) is 19.8 Å². The van der Waals surface area contributed by atoms with Crippen molar-refractivity contribution >= 4 is 28.3 Å². The van der Waals surface area contributed by atoms with Gasteiger partial charge in [-0.15, -0.1) is 0 Å². The highest BCUT2D eigenvalue weighted by molar-refractivity contribution is 5.94. The minimum absolute atomic E-state index is 0.0120. The number of aryl methyl sites for hydroxylation is 1. The summed E-state index contributed by atoms with van der Waals surface area (Å²) < 4.78 is 0. The van der Waals surface area contributed by atoms with Gasteiger partial charge in [0, 0.05) is 54.0 Å². The fourth-order valence-corrected chi connectivity index (χ4v) is 4.50. The Morgan fingerprint density at radius 1 is 1.32 bits per heavy atom. The van der Waals surface area contributed by atoms with Crippen LogP contribution < -0.4 is 16.4 Å². The fraction of sp³-hybridized carbons (Fsp3) is 0.333. The minimum Gasteiger partial charge on any atom is -0.383 e. The van der Waals surface area contributed by atoms with E-state index in [9.17, 15) is 4.79 Å². The maximum absolute atomic E-state index is 11.5. The van der Waals surface area contributed by atoms with Gasteiger partial charge < -0.3 is 16.4 Å². The van der Waals surface area contributed by atoms with Crippen molar-refractivity contribution in [3.05, 3.63) is 42.4 Å². The third kappa shape index (κ3) is 2.58. The highest BCUT2D eigenvalue weighted by Gasteiger charge is 2.60. The Hall–Kier alpha value is -3.22. The van der Waals surface area contributed by atoms with Crippen LogP contribution in [-0.2, 0) is 4.79 Å². The second-order valence-corrected chi connectivity index (χ2v) is 8.04. The summed E-state index contributed by atoms with van der Waals surface area (Å²) in [6, 6.07) is 6.06. The third-order valence-corrected chi connectivity index (χ3v) is 6.29. The lowest BCUT2D eigenvalue weighted by molar-refractivity contribution is -0.119. The first-order valence-corrected chi connectivity index (χ1v) is 9.48. The van der Waals surface area contributed by atoms with Gasteiger partial charge in [0.05, 0.1) is 5.69 Å². The fourth-order valence-electron chi connectivity index (χ4n) is 4.50. The molecule has 4 N–H and O–H groups in total. The second kappa shape index (κ2) is 5.89. The van der Waals surface area contributed by atoms with Crippen molar-refractivity contribution in [1.82, 2.24) is 15.0 Å². The molecule has 1 saturated heterocycles. The lowest BCUT2D eigenvalue weighted by Gasteiger charge is -2.18. The number of primary amides is 1. The van der Waals surface area contributed by atoms with Crippen LogP contribution in [0.15, 0.2) is 36.8 Å². The number of aromatic nitrogens is 3. The number of rotatable bonds is 3. The Morgan fingerprint density at radius 2 is 2.18 bits per heavy atom. The maximum Gasteiger partial charge on any atom is 0.221 e. The van der Waals surface area contributed by atoms with E-state index in [0.717, 1.165) is 59.3 Å². The highest BCUT2D eigenvalue weighted by atomic mass is 16.1. The summed E-state index contributed by atoms with van der Waals surface area (Å²) in [4.78, 5) is 27.2. The molecular formula is C21H22N6O. The van der Waals surface area contributed by atoms with E-state index < -0.39 is 0 Å². The largest absolute Gasteiger partial charge is 0.383 e. The van der Waals surface area contributed by atoms with Gasteiger partial charge in [-0.2, -0.15) is 0 Å². The second-order valence-electron chi connectivity index (χ2n) is 8.04. The molecule has 3 aromatic heterocycles. The average molecular weight is 374 g/mol. The Balaban J connectivity index is 1.51. The molecule has 28 heavy (non-hydrogen) atoms. The van der Waals surface area contributed by atoms with E-state index >= 15 is 0 Å². The van der Waals surface area contributed by atoms with Crippen molar-refractivity contribution in [3.63, 3.8) is 0 Å². The molecule has 2 atom stereocenters. The van der Waals surface area contributed by atoms with E-state index in [1.807, 2.05) is 25.3 Å². The summed E-state index contributed by atoms with van der Waals surface area (Å²) >= 11 is 0. The summed E-state index contributed by atoms with van der Waals surface area (Å²) in [5.74, 6) is 1.20. The Labute approximate surface area is 162 Å². The smallest absolute Gasteiger partial charge is 0.221 e. The standard InChI is InChI=1S/C21H22N6O/c1-12-2-4-24-9-14(12)17-6-13-7-18(25-10-15(13)19(22)26-17)27-5-3-21(11-27)8-16(21)20(23)28/h2,4,6-7,9-10,16H,3,5,8,11H2,1H3,(H2,22,26)(H2,23,28). The van der Waals surface area contributed by atoms with E-state index in [-0.39, 0.29) is 17.2 Å². The third-order valence-electron chi connectivity index (χ3n) is 6.29. The SMILES string of the molecule is Cc1ccncc1-c1cc2cc(N3CCC4(CC4C(N)=O)C3)ncc2c(N)n1. The summed E-state index contributed by atoms with van der Waals surface area (Å²) in [5.41, 5.74) is 14.7. The first-order chi connectivity index (χ1) is 13.5. The normalized spacial score (nSPS) is 23.5. The zero-order chi connectivity index (χ0) is 19.5. The van der Waals surface area contributed by atoms with Crippen LogP contribution in [-0.4, -0.2) is 33.9 Å². The van der Waals surface area contributed by atoms with Crippen LogP contribution in [0.4, 0.5) is 11.6 Å². The predicted molar refractivity (Wildman–Crippen MR) is 108 cm³/mol. The molecule has 1 spiro atoms. The molecule has 1 saturated carbocycles. The van der Waals surface area contributed by atoms with Crippen molar-refractivity contribution in [3.8, 4) is 11.3 Å². The van der Waals surface area contributed by atoms with E-state index in [2.05, 4.69) is 25.9 Å². The van der Waals surface area contributed by atoms with Gasteiger partial charge >= 0.3 is 0 Å². The van der Waals surface area contributed by atoms with Gasteiger partial charge in [0.25, 0.3) is 0 Å². The molecule has 5 rings (SSSR count). The molecule has 142 valence electrons. The van der Waals surface area contributed by atoms with Gasteiger partial charge in [-0.3, -0.25) is 9.78 Å². The molecular weight excluding hydrogens is 352 g/mol. The number of fused-ring (bicyclic) bond motifs is 1. The zero-order valence-corrected chi connectivity index (χ0v) is 15.7. The lowest BCUT2D eigenvalue weighted by atomic mass is 10.0. The van der Waals surface area contributed by atoms with Crippen LogP contribution in [0.2, 0.25) is 0 Å². The number of carbonyl (C=O) groups is 1. The summed E-state index contributed by atoms with van der Waals surface area (Å²) in [7, 11) is 0. The van der Waals surface area contributed by atoms with Crippen LogP contribution in [0.5, 0.6) is 0 Å².